The number of furan rings is 1. The van der Waals surface area contributed by atoms with E-state index in [2.05, 4.69) is 19.2 Å². The van der Waals surface area contributed by atoms with Gasteiger partial charge in [-0.25, -0.2) is 0 Å². The van der Waals surface area contributed by atoms with Gasteiger partial charge in [0.15, 0.2) is 0 Å². The first-order chi connectivity index (χ1) is 6.26. The molecule has 2 nitrogen and oxygen atoms in total. The van der Waals surface area contributed by atoms with Crippen LogP contribution in [0.15, 0.2) is 16.5 Å². The lowest BCUT2D eigenvalue weighted by Crippen LogP contribution is -2.26. The van der Waals surface area contributed by atoms with Gasteiger partial charge in [-0.15, -0.1) is 0 Å². The quantitative estimate of drug-likeness (QED) is 0.755. The third-order valence-corrected chi connectivity index (χ3v) is 2.35. The number of aryl methyl sites for hydroxylation is 1. The van der Waals surface area contributed by atoms with E-state index in [9.17, 15) is 0 Å². The Bertz CT molecular complexity index is 238. The first-order valence-corrected chi connectivity index (χ1v) is 5.05. The molecule has 0 amide bonds. The van der Waals surface area contributed by atoms with Gasteiger partial charge in [0.05, 0.1) is 6.54 Å². The summed E-state index contributed by atoms with van der Waals surface area (Å²) in [7, 11) is 0. The van der Waals surface area contributed by atoms with E-state index in [1.807, 2.05) is 19.1 Å². The summed E-state index contributed by atoms with van der Waals surface area (Å²) in [5.74, 6) is 2.02. The van der Waals surface area contributed by atoms with Gasteiger partial charge in [0, 0.05) is 6.04 Å². The average molecular weight is 181 g/mol. The van der Waals surface area contributed by atoms with Gasteiger partial charge in [-0.05, 0) is 31.9 Å². The predicted octanol–water partition coefficient (Wildman–Crippen LogP) is 2.87. The van der Waals surface area contributed by atoms with Crippen LogP contribution in [0.1, 0.15) is 38.2 Å². The van der Waals surface area contributed by atoms with E-state index in [4.69, 9.17) is 4.42 Å². The van der Waals surface area contributed by atoms with Crippen LogP contribution in [-0.4, -0.2) is 6.04 Å². The highest BCUT2D eigenvalue weighted by Gasteiger charge is 2.03. The molecule has 13 heavy (non-hydrogen) atoms. The Balaban J connectivity index is 2.33. The molecule has 2 heteroatoms. The molecule has 0 radical (unpaired) electrons. The fourth-order valence-corrected chi connectivity index (χ4v) is 1.40. The van der Waals surface area contributed by atoms with E-state index in [0.717, 1.165) is 18.1 Å². The molecule has 0 aliphatic heterocycles. The van der Waals surface area contributed by atoms with Crippen molar-refractivity contribution in [3.63, 3.8) is 0 Å². The smallest absolute Gasteiger partial charge is 0.117 e. The molecule has 0 bridgehead atoms. The molecule has 0 saturated heterocycles. The molecule has 0 aliphatic rings. The van der Waals surface area contributed by atoms with E-state index < -0.39 is 0 Å². The van der Waals surface area contributed by atoms with Crippen LogP contribution in [0.25, 0.3) is 0 Å². The first kappa shape index (κ1) is 10.3. The maximum absolute atomic E-state index is 5.46. The molecule has 1 aromatic heterocycles. The van der Waals surface area contributed by atoms with E-state index in [0.29, 0.717) is 6.04 Å². The normalized spacial score (nSPS) is 11.1. The van der Waals surface area contributed by atoms with Crippen LogP contribution in [0, 0.1) is 6.92 Å². The zero-order chi connectivity index (χ0) is 9.68. The Labute approximate surface area is 80.3 Å². The van der Waals surface area contributed by atoms with E-state index in [1.54, 1.807) is 0 Å². The van der Waals surface area contributed by atoms with Crippen LogP contribution in [0.4, 0.5) is 0 Å². The molecule has 0 aromatic carbocycles. The van der Waals surface area contributed by atoms with Crippen molar-refractivity contribution in [2.75, 3.05) is 0 Å². The minimum atomic E-state index is 0.616. The molecule has 0 spiro atoms. The number of hydrogen-bond acceptors (Lipinski definition) is 2. The van der Waals surface area contributed by atoms with Gasteiger partial charge in [0.1, 0.15) is 11.5 Å². The molecule has 0 unspecified atom stereocenters. The SMILES string of the molecule is CCC(CC)NCc1ccc(C)o1. The molecule has 1 N–H and O–H groups in total. The van der Waals surface area contributed by atoms with Gasteiger partial charge >= 0.3 is 0 Å². The minimum absolute atomic E-state index is 0.616. The van der Waals surface area contributed by atoms with Gasteiger partial charge in [0.25, 0.3) is 0 Å². The lowest BCUT2D eigenvalue weighted by atomic mass is 10.2. The summed E-state index contributed by atoms with van der Waals surface area (Å²) in [6.07, 6.45) is 2.35. The molecule has 1 aromatic rings. The number of nitrogens with one attached hydrogen (secondary N) is 1. The van der Waals surface area contributed by atoms with Gasteiger partial charge in [-0.1, -0.05) is 13.8 Å². The summed E-state index contributed by atoms with van der Waals surface area (Å²) >= 11 is 0. The molecular formula is C11H19NO. The molecular weight excluding hydrogens is 162 g/mol. The highest BCUT2D eigenvalue weighted by molar-refractivity contribution is 5.05. The maximum Gasteiger partial charge on any atom is 0.117 e. The lowest BCUT2D eigenvalue weighted by Gasteiger charge is -2.12. The Hall–Kier alpha value is -0.760. The fourth-order valence-electron chi connectivity index (χ4n) is 1.40. The van der Waals surface area contributed by atoms with Crippen molar-refractivity contribution in [3.05, 3.63) is 23.7 Å². The van der Waals surface area contributed by atoms with Crippen molar-refractivity contribution in [1.29, 1.82) is 0 Å². The molecule has 0 atom stereocenters. The van der Waals surface area contributed by atoms with Gasteiger partial charge in [-0.2, -0.15) is 0 Å². The Morgan fingerprint density at radius 2 is 2.00 bits per heavy atom. The van der Waals surface area contributed by atoms with E-state index >= 15 is 0 Å². The molecule has 0 aliphatic carbocycles. The maximum atomic E-state index is 5.46. The van der Waals surface area contributed by atoms with Crippen molar-refractivity contribution < 1.29 is 4.42 Å². The van der Waals surface area contributed by atoms with Crippen molar-refractivity contribution in [3.8, 4) is 0 Å². The fraction of sp³-hybridized carbons (Fsp3) is 0.636. The lowest BCUT2D eigenvalue weighted by molar-refractivity contribution is 0.419. The van der Waals surface area contributed by atoms with Crippen molar-refractivity contribution in [2.45, 2.75) is 46.2 Å². The van der Waals surface area contributed by atoms with Crippen LogP contribution in [0.3, 0.4) is 0 Å². The van der Waals surface area contributed by atoms with Crippen LogP contribution >= 0.6 is 0 Å². The van der Waals surface area contributed by atoms with Gasteiger partial charge < -0.3 is 9.73 Å². The topological polar surface area (TPSA) is 25.2 Å². The van der Waals surface area contributed by atoms with E-state index in [-0.39, 0.29) is 0 Å². The summed E-state index contributed by atoms with van der Waals surface area (Å²) in [6.45, 7) is 7.23. The van der Waals surface area contributed by atoms with Crippen molar-refractivity contribution >= 4 is 0 Å². The highest BCUT2D eigenvalue weighted by Crippen LogP contribution is 2.06. The third kappa shape index (κ3) is 3.23. The molecule has 74 valence electrons. The van der Waals surface area contributed by atoms with Gasteiger partial charge in [-0.3, -0.25) is 0 Å². The molecule has 0 saturated carbocycles. The van der Waals surface area contributed by atoms with Crippen molar-refractivity contribution in [2.24, 2.45) is 0 Å². The second kappa shape index (κ2) is 5.07. The summed E-state index contributed by atoms with van der Waals surface area (Å²) in [5, 5.41) is 3.45. The summed E-state index contributed by atoms with van der Waals surface area (Å²) in [4.78, 5) is 0. The zero-order valence-corrected chi connectivity index (χ0v) is 8.76. The monoisotopic (exact) mass is 181 g/mol. The minimum Gasteiger partial charge on any atom is -0.465 e. The Morgan fingerprint density at radius 3 is 2.46 bits per heavy atom. The van der Waals surface area contributed by atoms with Crippen LogP contribution in [0.5, 0.6) is 0 Å². The van der Waals surface area contributed by atoms with Crippen LogP contribution < -0.4 is 5.32 Å². The first-order valence-electron chi connectivity index (χ1n) is 5.05. The summed E-state index contributed by atoms with van der Waals surface area (Å²) in [5.41, 5.74) is 0. The number of rotatable bonds is 5. The number of hydrogen-bond donors (Lipinski definition) is 1. The van der Waals surface area contributed by atoms with Crippen LogP contribution in [0.2, 0.25) is 0 Å². The summed E-state index contributed by atoms with van der Waals surface area (Å²) in [6, 6.07) is 4.65. The van der Waals surface area contributed by atoms with Crippen molar-refractivity contribution in [1.82, 2.24) is 5.32 Å². The van der Waals surface area contributed by atoms with E-state index in [1.165, 1.54) is 12.8 Å². The summed E-state index contributed by atoms with van der Waals surface area (Å²) < 4.78 is 5.46. The average Bonchev–Trinajstić information content (AvgIpc) is 2.53. The largest absolute Gasteiger partial charge is 0.465 e. The Kier molecular flexibility index (Phi) is 4.03. The second-order valence-corrected chi connectivity index (χ2v) is 3.41. The molecule has 1 heterocycles. The van der Waals surface area contributed by atoms with Gasteiger partial charge in [0.2, 0.25) is 0 Å². The van der Waals surface area contributed by atoms with Crippen LogP contribution in [-0.2, 0) is 6.54 Å². The highest BCUT2D eigenvalue weighted by atomic mass is 16.3. The Morgan fingerprint density at radius 1 is 1.31 bits per heavy atom. The molecule has 1 rings (SSSR count). The third-order valence-electron chi connectivity index (χ3n) is 2.35. The zero-order valence-electron chi connectivity index (χ0n) is 8.76. The predicted molar refractivity (Wildman–Crippen MR) is 54.7 cm³/mol. The second-order valence-electron chi connectivity index (χ2n) is 3.41. The standard InChI is InChI=1S/C11H19NO/c1-4-10(5-2)12-8-11-7-6-9(3)13-11/h6-7,10,12H,4-5,8H2,1-3H3. The molecule has 0 fully saturated rings.